The molecule has 0 saturated heterocycles. The van der Waals surface area contributed by atoms with Crippen LogP contribution in [-0.2, 0) is 9.13 Å². The molecule has 234 valence electrons. The van der Waals surface area contributed by atoms with Crippen LogP contribution in [0.3, 0.4) is 0 Å². The zero-order chi connectivity index (χ0) is 33.3. The van der Waals surface area contributed by atoms with Crippen LogP contribution in [0.2, 0.25) is 0 Å². The summed E-state index contributed by atoms with van der Waals surface area (Å²) in [5, 5.41) is 13.7. The average Bonchev–Trinajstić information content (AvgIpc) is 3.12. The number of hydrogen-bond donors (Lipinski definition) is 1. The summed E-state index contributed by atoms with van der Waals surface area (Å²) >= 11 is 0. The van der Waals surface area contributed by atoms with Crippen molar-refractivity contribution in [1.82, 2.24) is 5.09 Å². The summed E-state index contributed by atoms with van der Waals surface area (Å²) in [6, 6.07) is 47.2. The van der Waals surface area contributed by atoms with E-state index in [0.29, 0.717) is 21.2 Å². The van der Waals surface area contributed by atoms with Gasteiger partial charge < -0.3 is 4.57 Å². The van der Waals surface area contributed by atoms with Crippen molar-refractivity contribution in [2.24, 2.45) is 0 Å². The molecule has 0 bridgehead atoms. The Morgan fingerprint density at radius 1 is 0.489 bits per heavy atom. The summed E-state index contributed by atoms with van der Waals surface area (Å²) in [7, 11) is -7.24. The molecule has 9 heteroatoms. The molecule has 0 radical (unpaired) electrons. The van der Waals surface area contributed by atoms with E-state index in [1.807, 2.05) is 72.8 Å². The van der Waals surface area contributed by atoms with E-state index in [1.54, 1.807) is 66.7 Å². The van der Waals surface area contributed by atoms with Crippen molar-refractivity contribution in [1.29, 1.82) is 5.26 Å². The van der Waals surface area contributed by atoms with Crippen LogP contribution < -0.4 is 26.3 Å². The molecule has 0 spiro atoms. The Bertz CT molecular complexity index is 1970. The minimum atomic E-state index is -3.64. The van der Waals surface area contributed by atoms with Crippen molar-refractivity contribution in [2.45, 2.75) is 5.78 Å². The molecule has 6 aromatic carbocycles. The summed E-state index contributed by atoms with van der Waals surface area (Å²) in [6.45, 7) is 0. The third kappa shape index (κ3) is 7.22. The molecule has 0 amide bonds. The zero-order valence-electron chi connectivity index (χ0n) is 25.0. The fourth-order valence-corrected chi connectivity index (χ4v) is 11.3. The Morgan fingerprint density at radius 3 is 1.23 bits per heavy atom. The topological polar surface area (TPSA) is 70.0 Å². The average molecular weight is 665 g/mol. The molecule has 0 fully saturated rings. The summed E-state index contributed by atoms with van der Waals surface area (Å²) in [5.41, 5.74) is -0.326. The van der Waals surface area contributed by atoms with Crippen molar-refractivity contribution in [3.8, 4) is 6.07 Å². The Morgan fingerprint density at radius 2 is 0.851 bits per heavy atom. The molecule has 0 aliphatic rings. The van der Waals surface area contributed by atoms with Gasteiger partial charge in [-0.2, -0.15) is 5.26 Å². The first-order valence-electron chi connectivity index (χ1n) is 14.6. The predicted molar refractivity (Wildman–Crippen MR) is 183 cm³/mol. The lowest BCUT2D eigenvalue weighted by atomic mass is 10.2. The van der Waals surface area contributed by atoms with Gasteiger partial charge in [-0.15, -0.1) is 0 Å². The van der Waals surface area contributed by atoms with Crippen molar-refractivity contribution < 1.29 is 22.3 Å². The molecular formula is C38H29F3N2O2P2. The van der Waals surface area contributed by atoms with E-state index in [2.05, 4.69) is 5.09 Å². The van der Waals surface area contributed by atoms with Gasteiger partial charge in [0.05, 0.1) is 0 Å². The van der Waals surface area contributed by atoms with Crippen LogP contribution in [0.4, 0.5) is 13.2 Å². The molecule has 6 rings (SSSR count). The fourth-order valence-electron chi connectivity index (χ4n) is 5.14. The first-order valence-corrected chi connectivity index (χ1v) is 18.1. The maximum atomic E-state index is 15.5. The molecule has 0 heterocycles. The Kier molecular flexibility index (Phi) is 10.7. The molecule has 47 heavy (non-hydrogen) atoms. The van der Waals surface area contributed by atoms with Crippen LogP contribution in [0.1, 0.15) is 16.9 Å². The van der Waals surface area contributed by atoms with Crippen molar-refractivity contribution >= 4 is 35.7 Å². The third-order valence-corrected chi connectivity index (χ3v) is 13.6. The van der Waals surface area contributed by atoms with Crippen LogP contribution >= 0.6 is 14.4 Å². The third-order valence-electron chi connectivity index (χ3n) is 7.46. The van der Waals surface area contributed by atoms with Gasteiger partial charge in [-0.05, 0) is 42.5 Å². The maximum Gasteiger partial charge on any atom is 0.205 e. The van der Waals surface area contributed by atoms with Crippen LogP contribution in [-0.4, -0.2) is 0 Å². The fraction of sp³-hybridized carbons (Fsp3) is 0.0263. The molecule has 1 N–H and O–H groups in total. The van der Waals surface area contributed by atoms with E-state index in [0.717, 1.165) is 12.1 Å². The van der Waals surface area contributed by atoms with Gasteiger partial charge >= 0.3 is 0 Å². The molecule has 0 saturated carbocycles. The Labute approximate surface area is 272 Å². The predicted octanol–water partition coefficient (Wildman–Crippen LogP) is 8.19. The van der Waals surface area contributed by atoms with Gasteiger partial charge in [-0.3, -0.25) is 4.57 Å². The largest absolute Gasteiger partial charge is 0.312 e. The summed E-state index contributed by atoms with van der Waals surface area (Å²) in [5.74, 6) is -3.26. The van der Waals surface area contributed by atoms with Gasteiger partial charge in [0.25, 0.3) is 0 Å². The first-order chi connectivity index (χ1) is 22.8. The van der Waals surface area contributed by atoms with Gasteiger partial charge in [0, 0.05) is 26.8 Å². The molecule has 1 atom stereocenters. The maximum absolute atomic E-state index is 15.5. The number of nitriles is 1. The van der Waals surface area contributed by atoms with Gasteiger partial charge in [-0.25, -0.2) is 18.3 Å². The first kappa shape index (κ1) is 33.4. The van der Waals surface area contributed by atoms with E-state index in [-0.39, 0.29) is 5.56 Å². The number of nitrogens with zero attached hydrogens (tertiary/aromatic N) is 1. The van der Waals surface area contributed by atoms with Crippen molar-refractivity contribution in [3.05, 3.63) is 192 Å². The number of hydrogen-bond acceptors (Lipinski definition) is 3. The highest BCUT2D eigenvalue weighted by Crippen LogP contribution is 2.60. The highest BCUT2D eigenvalue weighted by Gasteiger charge is 2.43. The zero-order valence-corrected chi connectivity index (χ0v) is 26.7. The second-order valence-corrected chi connectivity index (χ2v) is 15.7. The van der Waals surface area contributed by atoms with Crippen LogP contribution in [0.15, 0.2) is 164 Å². The monoisotopic (exact) mass is 664 g/mol. The smallest absolute Gasteiger partial charge is 0.205 e. The minimum Gasteiger partial charge on any atom is -0.312 e. The van der Waals surface area contributed by atoms with Crippen molar-refractivity contribution in [2.75, 3.05) is 0 Å². The summed E-state index contributed by atoms with van der Waals surface area (Å²) in [6.07, 6.45) is 0. The normalized spacial score (nSPS) is 11.9. The number of halogens is 3. The minimum absolute atomic E-state index is 0.200. The SMILES string of the molecule is N#Cc1c(F)cccc1F.O=P(N[C@@H](c1ccccc1F)P(=O)(c1ccccc1)c1ccccc1)(c1ccccc1)c1ccccc1. The van der Waals surface area contributed by atoms with Crippen LogP contribution in [0.25, 0.3) is 0 Å². The molecule has 0 aliphatic carbocycles. The van der Waals surface area contributed by atoms with Crippen molar-refractivity contribution in [3.63, 3.8) is 0 Å². The van der Waals surface area contributed by atoms with Gasteiger partial charge in [0.2, 0.25) is 7.29 Å². The highest BCUT2D eigenvalue weighted by molar-refractivity contribution is 7.81. The Hall–Kier alpha value is -4.98. The van der Waals surface area contributed by atoms with E-state index in [9.17, 15) is 8.78 Å². The molecular weight excluding hydrogens is 635 g/mol. The van der Waals surface area contributed by atoms with E-state index in [4.69, 9.17) is 5.26 Å². The second kappa shape index (κ2) is 15.1. The van der Waals surface area contributed by atoms with Gasteiger partial charge in [0.15, 0.2) is 7.14 Å². The van der Waals surface area contributed by atoms with E-state index in [1.165, 1.54) is 18.2 Å². The second-order valence-electron chi connectivity index (χ2n) is 10.4. The summed E-state index contributed by atoms with van der Waals surface area (Å²) in [4.78, 5) is 0. The molecule has 0 unspecified atom stereocenters. The van der Waals surface area contributed by atoms with Crippen LogP contribution in [0.5, 0.6) is 0 Å². The number of nitrogens with one attached hydrogen (secondary N) is 1. The van der Waals surface area contributed by atoms with Crippen LogP contribution in [0, 0.1) is 28.8 Å². The Balaban J connectivity index is 0.000000371. The quantitative estimate of drug-likeness (QED) is 0.167. The lowest BCUT2D eigenvalue weighted by Gasteiger charge is -2.34. The highest BCUT2D eigenvalue weighted by atomic mass is 31.2. The molecule has 6 aromatic rings. The van der Waals surface area contributed by atoms with Gasteiger partial charge in [-0.1, -0.05) is 121 Å². The van der Waals surface area contributed by atoms with E-state index >= 15 is 13.5 Å². The lowest BCUT2D eigenvalue weighted by Crippen LogP contribution is -2.35. The lowest BCUT2D eigenvalue weighted by molar-refractivity contribution is 0.553. The summed E-state index contributed by atoms with van der Waals surface area (Å²) < 4.78 is 70.8. The number of rotatable bonds is 8. The molecule has 0 aliphatic heterocycles. The molecule has 4 nitrogen and oxygen atoms in total. The molecule has 0 aromatic heterocycles. The number of benzene rings is 6. The van der Waals surface area contributed by atoms with E-state index < -0.39 is 43.2 Å². The van der Waals surface area contributed by atoms with Gasteiger partial charge in [0.1, 0.15) is 34.9 Å². The standard InChI is InChI=1S/C31H26FNO2P2.C7H3F2N/c32-30-24-14-13-23-29(30)31(36(34,25-15-5-1-6-16-25)26-17-7-2-8-18-26)33-37(35,27-19-9-3-10-20-27)28-21-11-4-12-22-28;8-6-2-1-3-7(9)5(6)4-10/h1-24,31H,(H,33,35);1-3H/t31-;/m1./s1.